The molecule has 35 heavy (non-hydrogen) atoms. The van der Waals surface area contributed by atoms with Crippen LogP contribution < -0.4 is 10.1 Å². The Morgan fingerprint density at radius 1 is 0.886 bits per heavy atom. The summed E-state index contributed by atoms with van der Waals surface area (Å²) in [6, 6.07) is 22.0. The van der Waals surface area contributed by atoms with E-state index in [9.17, 15) is 4.79 Å². The van der Waals surface area contributed by atoms with E-state index >= 15 is 0 Å². The van der Waals surface area contributed by atoms with Crippen LogP contribution in [0.25, 0.3) is 22.9 Å². The number of benzene rings is 2. The lowest BCUT2D eigenvalue weighted by molar-refractivity contribution is 0.102. The van der Waals surface area contributed by atoms with E-state index in [0.717, 1.165) is 16.7 Å². The van der Waals surface area contributed by atoms with Gasteiger partial charge in [-0.3, -0.25) is 9.78 Å². The summed E-state index contributed by atoms with van der Waals surface area (Å²) in [5.41, 5.74) is 4.10. The fourth-order valence-corrected chi connectivity index (χ4v) is 3.42. The van der Waals surface area contributed by atoms with E-state index in [2.05, 4.69) is 25.5 Å². The maximum atomic E-state index is 12.8. The maximum absolute atomic E-state index is 12.8. The van der Waals surface area contributed by atoms with Crippen molar-refractivity contribution in [2.24, 2.45) is 0 Å². The smallest absolute Gasteiger partial charge is 0.256 e. The molecule has 8 nitrogen and oxygen atoms in total. The van der Waals surface area contributed by atoms with E-state index in [1.807, 2.05) is 43.3 Å². The van der Waals surface area contributed by atoms with E-state index < -0.39 is 0 Å². The first-order valence-corrected chi connectivity index (χ1v) is 10.9. The van der Waals surface area contributed by atoms with Crippen LogP contribution in [0.2, 0.25) is 0 Å². The average Bonchev–Trinajstić information content (AvgIpc) is 3.39. The number of carbonyl (C=O) groups excluding carboxylic acids is 1. The van der Waals surface area contributed by atoms with Crippen molar-refractivity contribution in [2.75, 3.05) is 5.32 Å². The Hall–Kier alpha value is -4.85. The molecule has 0 aliphatic heterocycles. The van der Waals surface area contributed by atoms with Gasteiger partial charge in [0, 0.05) is 35.3 Å². The number of pyridine rings is 2. The minimum atomic E-state index is -0.310. The second-order valence-corrected chi connectivity index (χ2v) is 7.81. The Morgan fingerprint density at radius 3 is 2.43 bits per heavy atom. The first-order valence-electron chi connectivity index (χ1n) is 10.9. The molecule has 0 aliphatic carbocycles. The molecule has 1 N–H and O–H groups in total. The largest absolute Gasteiger partial charge is 0.485 e. The van der Waals surface area contributed by atoms with Gasteiger partial charge in [-0.2, -0.15) is 0 Å². The number of amides is 1. The van der Waals surface area contributed by atoms with Gasteiger partial charge in [0.2, 0.25) is 11.8 Å². The van der Waals surface area contributed by atoms with Gasteiger partial charge >= 0.3 is 0 Å². The standard InChI is InChI=1S/C27H21N5O3/c1-18-4-2-5-22(16-18)27-32-31-26(35-27)21-9-7-20(8-10-21)25(33)30-24-23(6-3-13-29-24)34-17-19-11-14-28-15-12-19/h2-16H,17H2,1H3,(H,29,30,33). The van der Waals surface area contributed by atoms with Gasteiger partial charge < -0.3 is 14.5 Å². The number of nitrogens with one attached hydrogen (secondary N) is 1. The zero-order chi connectivity index (χ0) is 24.0. The summed E-state index contributed by atoms with van der Waals surface area (Å²) in [5.74, 6) is 1.33. The highest BCUT2D eigenvalue weighted by Gasteiger charge is 2.14. The van der Waals surface area contributed by atoms with E-state index in [1.165, 1.54) is 0 Å². The minimum absolute atomic E-state index is 0.310. The van der Waals surface area contributed by atoms with Crippen LogP contribution in [-0.4, -0.2) is 26.1 Å². The Balaban J connectivity index is 1.27. The molecule has 0 saturated heterocycles. The molecule has 5 rings (SSSR count). The van der Waals surface area contributed by atoms with Crippen molar-refractivity contribution < 1.29 is 13.9 Å². The summed E-state index contributed by atoms with van der Waals surface area (Å²) in [7, 11) is 0. The molecule has 0 fully saturated rings. The molecule has 8 heteroatoms. The third-order valence-corrected chi connectivity index (χ3v) is 5.23. The number of hydrogen-bond donors (Lipinski definition) is 1. The van der Waals surface area contributed by atoms with Crippen molar-refractivity contribution in [1.29, 1.82) is 0 Å². The summed E-state index contributed by atoms with van der Waals surface area (Å²) >= 11 is 0. The van der Waals surface area contributed by atoms with Crippen molar-refractivity contribution >= 4 is 11.7 Å². The number of nitrogens with zero attached hydrogens (tertiary/aromatic N) is 4. The monoisotopic (exact) mass is 463 g/mol. The van der Waals surface area contributed by atoms with Crippen molar-refractivity contribution in [3.8, 4) is 28.7 Å². The van der Waals surface area contributed by atoms with E-state index in [0.29, 0.717) is 41.1 Å². The molecule has 0 atom stereocenters. The van der Waals surface area contributed by atoms with Gasteiger partial charge in [-0.05, 0) is 73.2 Å². The number of anilines is 1. The first-order chi connectivity index (χ1) is 17.2. The van der Waals surface area contributed by atoms with Crippen LogP contribution in [0.1, 0.15) is 21.5 Å². The van der Waals surface area contributed by atoms with Gasteiger partial charge in [-0.15, -0.1) is 10.2 Å². The van der Waals surface area contributed by atoms with Gasteiger partial charge in [0.1, 0.15) is 6.61 Å². The average molecular weight is 463 g/mol. The lowest BCUT2D eigenvalue weighted by Gasteiger charge is -2.11. The van der Waals surface area contributed by atoms with Crippen LogP contribution >= 0.6 is 0 Å². The number of carbonyl (C=O) groups is 1. The van der Waals surface area contributed by atoms with E-state index in [4.69, 9.17) is 9.15 Å². The fourth-order valence-electron chi connectivity index (χ4n) is 3.42. The highest BCUT2D eigenvalue weighted by molar-refractivity contribution is 6.04. The summed E-state index contributed by atoms with van der Waals surface area (Å²) < 4.78 is 11.7. The molecular weight excluding hydrogens is 442 g/mol. The molecule has 5 aromatic rings. The van der Waals surface area contributed by atoms with Gasteiger partial charge in [-0.1, -0.05) is 17.7 Å². The number of rotatable bonds is 7. The van der Waals surface area contributed by atoms with Crippen LogP contribution in [0.5, 0.6) is 5.75 Å². The van der Waals surface area contributed by atoms with Crippen LogP contribution in [-0.2, 0) is 6.61 Å². The number of hydrogen-bond acceptors (Lipinski definition) is 7. The van der Waals surface area contributed by atoms with Crippen LogP contribution in [0.4, 0.5) is 5.82 Å². The zero-order valence-electron chi connectivity index (χ0n) is 18.9. The maximum Gasteiger partial charge on any atom is 0.256 e. The molecule has 0 aliphatic rings. The molecular formula is C27H21N5O3. The predicted octanol–water partition coefficient (Wildman–Crippen LogP) is 5.33. The molecule has 0 radical (unpaired) electrons. The van der Waals surface area contributed by atoms with Gasteiger partial charge in [0.05, 0.1) is 0 Å². The summed E-state index contributed by atoms with van der Waals surface area (Å²) in [4.78, 5) is 21.1. The minimum Gasteiger partial charge on any atom is -0.485 e. The molecule has 0 bridgehead atoms. The van der Waals surface area contributed by atoms with Crippen molar-refractivity contribution in [1.82, 2.24) is 20.2 Å². The van der Waals surface area contributed by atoms with Crippen LogP contribution in [0, 0.1) is 6.92 Å². The second-order valence-electron chi connectivity index (χ2n) is 7.81. The summed E-state index contributed by atoms with van der Waals surface area (Å²) in [6.45, 7) is 2.34. The Bertz CT molecular complexity index is 1450. The Labute approximate surface area is 201 Å². The lowest BCUT2D eigenvalue weighted by atomic mass is 10.1. The highest BCUT2D eigenvalue weighted by atomic mass is 16.5. The molecule has 2 aromatic carbocycles. The van der Waals surface area contributed by atoms with Gasteiger partial charge in [0.15, 0.2) is 11.6 Å². The van der Waals surface area contributed by atoms with Crippen LogP contribution in [0.3, 0.4) is 0 Å². The Morgan fingerprint density at radius 2 is 1.66 bits per heavy atom. The normalized spacial score (nSPS) is 10.7. The fraction of sp³-hybridized carbons (Fsp3) is 0.0741. The molecule has 3 heterocycles. The second kappa shape index (κ2) is 9.96. The van der Waals surface area contributed by atoms with E-state index in [-0.39, 0.29) is 5.91 Å². The highest BCUT2D eigenvalue weighted by Crippen LogP contribution is 2.26. The number of ether oxygens (including phenoxy) is 1. The Kier molecular flexibility index (Phi) is 6.25. The summed E-state index contributed by atoms with van der Waals surface area (Å²) in [6.07, 6.45) is 5.00. The van der Waals surface area contributed by atoms with Crippen molar-refractivity contribution in [3.63, 3.8) is 0 Å². The van der Waals surface area contributed by atoms with Gasteiger partial charge in [-0.25, -0.2) is 4.98 Å². The molecule has 3 aromatic heterocycles. The molecule has 1 amide bonds. The molecule has 172 valence electrons. The molecule has 0 unspecified atom stereocenters. The van der Waals surface area contributed by atoms with Crippen LogP contribution in [0.15, 0.2) is 95.8 Å². The molecule has 0 saturated carbocycles. The summed E-state index contributed by atoms with van der Waals surface area (Å²) in [5, 5.41) is 11.1. The van der Waals surface area contributed by atoms with Crippen molar-refractivity contribution in [3.05, 3.63) is 108 Å². The number of aryl methyl sites for hydroxylation is 1. The van der Waals surface area contributed by atoms with Gasteiger partial charge in [0.25, 0.3) is 5.91 Å². The third-order valence-electron chi connectivity index (χ3n) is 5.23. The zero-order valence-corrected chi connectivity index (χ0v) is 18.9. The van der Waals surface area contributed by atoms with E-state index in [1.54, 1.807) is 55.0 Å². The third kappa shape index (κ3) is 5.22. The predicted molar refractivity (Wildman–Crippen MR) is 131 cm³/mol. The topological polar surface area (TPSA) is 103 Å². The SMILES string of the molecule is Cc1cccc(-c2nnc(-c3ccc(C(=O)Nc4ncccc4OCc4ccncc4)cc3)o2)c1. The quantitative estimate of drug-likeness (QED) is 0.348. The molecule has 0 spiro atoms. The first kappa shape index (κ1) is 22.0. The van der Waals surface area contributed by atoms with Crippen molar-refractivity contribution in [2.45, 2.75) is 13.5 Å². The number of aromatic nitrogens is 4. The lowest BCUT2D eigenvalue weighted by Crippen LogP contribution is -2.14.